The lowest BCUT2D eigenvalue weighted by Crippen LogP contribution is -2.54. The van der Waals surface area contributed by atoms with Crippen molar-refractivity contribution in [3.63, 3.8) is 0 Å². The Kier molecular flexibility index (Phi) is 3.76. The average Bonchev–Trinajstić information content (AvgIpc) is 2.56. The molecule has 2 aliphatic rings. The lowest BCUT2D eigenvalue weighted by molar-refractivity contribution is -0.178. The van der Waals surface area contributed by atoms with E-state index >= 15 is 0 Å². The van der Waals surface area contributed by atoms with Crippen LogP contribution in [0.25, 0.3) is 0 Å². The van der Waals surface area contributed by atoms with Crippen molar-refractivity contribution in [3.8, 4) is 0 Å². The fourth-order valence-electron chi connectivity index (χ4n) is 3.83. The van der Waals surface area contributed by atoms with Crippen LogP contribution in [0.15, 0.2) is 0 Å². The predicted octanol–water partition coefficient (Wildman–Crippen LogP) is 3.11. The molecule has 0 radical (unpaired) electrons. The Morgan fingerprint density at radius 2 is 1.18 bits per heavy atom. The Hall–Kier alpha value is -0.570. The SMILES string of the molecule is O=C(O)C1(C2(O)CCCCCC2)CCCCC1. The normalized spacial score (nSPS) is 28.3. The van der Waals surface area contributed by atoms with Gasteiger partial charge in [0.1, 0.15) is 0 Å². The monoisotopic (exact) mass is 240 g/mol. The maximum atomic E-state index is 11.7. The second-order valence-electron chi connectivity index (χ2n) is 5.89. The lowest BCUT2D eigenvalue weighted by Gasteiger charge is -2.46. The molecule has 2 saturated carbocycles. The van der Waals surface area contributed by atoms with Gasteiger partial charge in [-0.1, -0.05) is 44.9 Å². The first kappa shape index (κ1) is 12.9. The maximum absolute atomic E-state index is 11.7. The summed E-state index contributed by atoms with van der Waals surface area (Å²) < 4.78 is 0. The quantitative estimate of drug-likeness (QED) is 0.729. The molecule has 2 aliphatic carbocycles. The fourth-order valence-corrected chi connectivity index (χ4v) is 3.83. The molecular weight excluding hydrogens is 216 g/mol. The highest BCUT2D eigenvalue weighted by Gasteiger charge is 2.55. The molecule has 0 aromatic heterocycles. The van der Waals surface area contributed by atoms with Crippen LogP contribution >= 0.6 is 0 Å². The number of rotatable bonds is 2. The first-order chi connectivity index (χ1) is 8.11. The molecule has 0 spiro atoms. The Balaban J connectivity index is 2.26. The molecule has 0 saturated heterocycles. The first-order valence-corrected chi connectivity index (χ1v) is 7.07. The van der Waals surface area contributed by atoms with Gasteiger partial charge in [-0.25, -0.2) is 0 Å². The molecule has 0 amide bonds. The smallest absolute Gasteiger partial charge is 0.312 e. The van der Waals surface area contributed by atoms with Gasteiger partial charge in [0.25, 0.3) is 0 Å². The van der Waals surface area contributed by atoms with Gasteiger partial charge < -0.3 is 10.2 Å². The molecule has 2 N–H and O–H groups in total. The van der Waals surface area contributed by atoms with Crippen LogP contribution in [0.5, 0.6) is 0 Å². The second-order valence-corrected chi connectivity index (χ2v) is 5.89. The number of carboxylic acids is 1. The summed E-state index contributed by atoms with van der Waals surface area (Å²) in [5.41, 5.74) is -1.80. The maximum Gasteiger partial charge on any atom is 0.312 e. The molecule has 98 valence electrons. The highest BCUT2D eigenvalue weighted by atomic mass is 16.4. The van der Waals surface area contributed by atoms with Gasteiger partial charge >= 0.3 is 5.97 Å². The number of aliphatic hydroxyl groups is 1. The molecule has 0 atom stereocenters. The van der Waals surface area contributed by atoms with E-state index in [0.717, 1.165) is 44.9 Å². The van der Waals surface area contributed by atoms with Gasteiger partial charge in [-0.2, -0.15) is 0 Å². The molecule has 17 heavy (non-hydrogen) atoms. The third-order valence-corrected chi connectivity index (χ3v) is 4.94. The minimum absolute atomic E-state index is 0.666. The van der Waals surface area contributed by atoms with E-state index in [0.29, 0.717) is 25.7 Å². The molecule has 0 heterocycles. The van der Waals surface area contributed by atoms with E-state index in [4.69, 9.17) is 0 Å². The van der Waals surface area contributed by atoms with E-state index < -0.39 is 17.0 Å². The van der Waals surface area contributed by atoms with Crippen molar-refractivity contribution in [1.29, 1.82) is 0 Å². The van der Waals surface area contributed by atoms with Gasteiger partial charge in [-0.3, -0.25) is 4.79 Å². The zero-order valence-electron chi connectivity index (χ0n) is 10.6. The topological polar surface area (TPSA) is 57.5 Å². The minimum Gasteiger partial charge on any atom is -0.481 e. The molecule has 0 bridgehead atoms. The third-order valence-electron chi connectivity index (χ3n) is 4.94. The van der Waals surface area contributed by atoms with E-state index in [1.54, 1.807) is 0 Å². The van der Waals surface area contributed by atoms with Crippen LogP contribution < -0.4 is 0 Å². The molecule has 0 unspecified atom stereocenters. The second kappa shape index (κ2) is 4.97. The van der Waals surface area contributed by atoms with Crippen molar-refractivity contribution < 1.29 is 15.0 Å². The Labute approximate surface area is 103 Å². The summed E-state index contributed by atoms with van der Waals surface area (Å²) >= 11 is 0. The molecule has 3 nitrogen and oxygen atoms in total. The summed E-state index contributed by atoms with van der Waals surface area (Å²) in [4.78, 5) is 11.7. The van der Waals surface area contributed by atoms with Crippen LogP contribution in [0.3, 0.4) is 0 Å². The summed E-state index contributed by atoms with van der Waals surface area (Å²) in [5, 5.41) is 20.6. The summed E-state index contributed by atoms with van der Waals surface area (Å²) in [7, 11) is 0. The molecule has 0 aromatic carbocycles. The van der Waals surface area contributed by atoms with E-state index in [1.807, 2.05) is 0 Å². The minimum atomic E-state index is -0.949. The summed E-state index contributed by atoms with van der Waals surface area (Å²) in [6.07, 6.45) is 9.94. The van der Waals surface area contributed by atoms with Crippen molar-refractivity contribution in [2.75, 3.05) is 0 Å². The lowest BCUT2D eigenvalue weighted by atomic mass is 9.60. The van der Waals surface area contributed by atoms with Gasteiger partial charge in [0.2, 0.25) is 0 Å². The number of hydrogen-bond donors (Lipinski definition) is 2. The molecule has 2 fully saturated rings. The van der Waals surface area contributed by atoms with Crippen LogP contribution in [0.4, 0.5) is 0 Å². The van der Waals surface area contributed by atoms with E-state index in [2.05, 4.69) is 0 Å². The highest BCUT2D eigenvalue weighted by Crippen LogP contribution is 2.50. The molecular formula is C14H24O3. The van der Waals surface area contributed by atoms with Gasteiger partial charge in [0.15, 0.2) is 0 Å². The predicted molar refractivity (Wildman–Crippen MR) is 65.8 cm³/mol. The molecule has 0 aromatic rings. The number of hydrogen-bond acceptors (Lipinski definition) is 2. The number of carboxylic acid groups (broad SMARTS) is 1. The van der Waals surface area contributed by atoms with Crippen molar-refractivity contribution >= 4 is 5.97 Å². The highest BCUT2D eigenvalue weighted by molar-refractivity contribution is 5.76. The van der Waals surface area contributed by atoms with E-state index in [9.17, 15) is 15.0 Å². The van der Waals surface area contributed by atoms with Crippen LogP contribution in [-0.4, -0.2) is 21.8 Å². The Morgan fingerprint density at radius 1 is 0.765 bits per heavy atom. The summed E-state index contributed by atoms with van der Waals surface area (Å²) in [5.74, 6) is -0.762. The van der Waals surface area contributed by atoms with Gasteiger partial charge in [-0.15, -0.1) is 0 Å². The van der Waals surface area contributed by atoms with Crippen molar-refractivity contribution in [1.82, 2.24) is 0 Å². The Bertz CT molecular complexity index is 271. The summed E-state index contributed by atoms with van der Waals surface area (Å²) in [6, 6.07) is 0. The van der Waals surface area contributed by atoms with Crippen LogP contribution in [0.2, 0.25) is 0 Å². The Morgan fingerprint density at radius 3 is 1.65 bits per heavy atom. The molecule has 3 heteroatoms. The number of aliphatic carboxylic acids is 1. The van der Waals surface area contributed by atoms with E-state index in [1.165, 1.54) is 0 Å². The zero-order chi connectivity index (χ0) is 12.4. The van der Waals surface area contributed by atoms with Gasteiger partial charge in [0, 0.05) is 0 Å². The van der Waals surface area contributed by atoms with Crippen LogP contribution in [0.1, 0.15) is 70.6 Å². The van der Waals surface area contributed by atoms with Gasteiger partial charge in [0.05, 0.1) is 11.0 Å². The van der Waals surface area contributed by atoms with Gasteiger partial charge in [-0.05, 0) is 25.7 Å². The first-order valence-electron chi connectivity index (χ1n) is 7.07. The van der Waals surface area contributed by atoms with E-state index in [-0.39, 0.29) is 0 Å². The standard InChI is InChI=1S/C14H24O3/c15-12(16)13(8-4-3-5-9-13)14(17)10-6-1-2-7-11-14/h17H,1-11H2,(H,15,16). The van der Waals surface area contributed by atoms with Crippen LogP contribution in [-0.2, 0) is 4.79 Å². The summed E-state index contributed by atoms with van der Waals surface area (Å²) in [6.45, 7) is 0. The van der Waals surface area contributed by atoms with Crippen molar-refractivity contribution in [2.24, 2.45) is 5.41 Å². The number of carbonyl (C=O) groups is 1. The molecule has 0 aliphatic heterocycles. The fraction of sp³-hybridized carbons (Fsp3) is 0.929. The zero-order valence-corrected chi connectivity index (χ0v) is 10.6. The third kappa shape index (κ3) is 2.22. The van der Waals surface area contributed by atoms with Crippen LogP contribution in [0, 0.1) is 5.41 Å². The van der Waals surface area contributed by atoms with Crippen molar-refractivity contribution in [2.45, 2.75) is 76.2 Å². The molecule has 2 rings (SSSR count). The largest absolute Gasteiger partial charge is 0.481 e. The average molecular weight is 240 g/mol. The van der Waals surface area contributed by atoms with Crippen molar-refractivity contribution in [3.05, 3.63) is 0 Å².